The van der Waals surface area contributed by atoms with Gasteiger partial charge in [0.25, 0.3) is 5.91 Å². The van der Waals surface area contributed by atoms with E-state index < -0.39 is 6.04 Å². The molecule has 2 N–H and O–H groups in total. The maximum atomic E-state index is 12.7. The fourth-order valence-electron chi connectivity index (χ4n) is 2.56. The van der Waals surface area contributed by atoms with E-state index in [0.29, 0.717) is 11.2 Å². The molecule has 2 heterocycles. The molecule has 2 aromatic heterocycles. The van der Waals surface area contributed by atoms with E-state index in [2.05, 4.69) is 20.7 Å². The normalized spacial score (nSPS) is 13.6. The van der Waals surface area contributed by atoms with Crippen molar-refractivity contribution >= 4 is 22.8 Å². The summed E-state index contributed by atoms with van der Waals surface area (Å²) in [5.41, 5.74) is 2.62. The predicted octanol–water partition coefficient (Wildman–Crippen LogP) is 1.62. The van der Waals surface area contributed by atoms with Crippen LogP contribution in [0.5, 0.6) is 0 Å². The van der Waals surface area contributed by atoms with Crippen LogP contribution in [-0.2, 0) is 11.8 Å². The summed E-state index contributed by atoms with van der Waals surface area (Å²) in [5, 5.41) is 10.7. The first-order valence-corrected chi connectivity index (χ1v) is 8.16. The summed E-state index contributed by atoms with van der Waals surface area (Å²) in [4.78, 5) is 29.3. The van der Waals surface area contributed by atoms with Crippen LogP contribution in [0, 0.1) is 13.8 Å². The number of rotatable bonds is 5. The van der Waals surface area contributed by atoms with Crippen LogP contribution in [0.25, 0.3) is 11.0 Å². The average molecular weight is 331 g/mol. The Labute approximate surface area is 141 Å². The van der Waals surface area contributed by atoms with Crippen LogP contribution in [0.1, 0.15) is 48.9 Å². The van der Waals surface area contributed by atoms with Crippen LogP contribution in [0.3, 0.4) is 0 Å². The number of aromatic nitrogens is 3. The Balaban J connectivity index is 2.27. The summed E-state index contributed by atoms with van der Waals surface area (Å²) in [6.07, 6.45) is 0.839. The molecule has 0 aromatic carbocycles. The number of fused-ring (bicyclic) bond motifs is 1. The highest BCUT2D eigenvalue weighted by molar-refractivity contribution is 6.07. The summed E-state index contributed by atoms with van der Waals surface area (Å²) in [5.74, 6) is -0.490. The highest BCUT2D eigenvalue weighted by Crippen LogP contribution is 2.21. The molecule has 0 saturated heterocycles. The van der Waals surface area contributed by atoms with Crippen LogP contribution in [0.4, 0.5) is 0 Å². The zero-order chi connectivity index (χ0) is 18.0. The average Bonchev–Trinajstić information content (AvgIpc) is 2.80. The van der Waals surface area contributed by atoms with Crippen molar-refractivity contribution in [3.05, 3.63) is 23.0 Å². The third-order valence-electron chi connectivity index (χ3n) is 4.08. The molecule has 0 fully saturated rings. The largest absolute Gasteiger partial charge is 0.352 e. The summed E-state index contributed by atoms with van der Waals surface area (Å²) in [6.45, 7) is 9.28. The van der Waals surface area contributed by atoms with Crippen LogP contribution < -0.4 is 10.6 Å². The van der Waals surface area contributed by atoms with Gasteiger partial charge in [0.1, 0.15) is 6.04 Å². The van der Waals surface area contributed by atoms with Gasteiger partial charge in [0.15, 0.2) is 5.65 Å². The van der Waals surface area contributed by atoms with Gasteiger partial charge in [0.05, 0.1) is 16.6 Å². The number of carbonyl (C=O) groups is 2. The molecule has 24 heavy (non-hydrogen) atoms. The number of nitrogens with one attached hydrogen (secondary N) is 2. The number of nitrogens with zero attached hydrogens (tertiary/aromatic N) is 3. The van der Waals surface area contributed by atoms with Crippen molar-refractivity contribution < 1.29 is 9.59 Å². The van der Waals surface area contributed by atoms with Gasteiger partial charge in [-0.05, 0) is 40.2 Å². The molecular weight excluding hydrogens is 306 g/mol. The molecule has 7 heteroatoms. The van der Waals surface area contributed by atoms with Crippen molar-refractivity contribution in [1.82, 2.24) is 25.4 Å². The number of carbonyl (C=O) groups excluding carboxylic acids is 2. The van der Waals surface area contributed by atoms with Gasteiger partial charge >= 0.3 is 0 Å². The van der Waals surface area contributed by atoms with Gasteiger partial charge in [0.2, 0.25) is 5.91 Å². The lowest BCUT2D eigenvalue weighted by molar-refractivity contribution is -0.123. The van der Waals surface area contributed by atoms with Crippen molar-refractivity contribution in [2.75, 3.05) is 0 Å². The number of pyridine rings is 1. The van der Waals surface area contributed by atoms with Crippen molar-refractivity contribution in [2.45, 2.75) is 53.1 Å². The molecule has 0 saturated carbocycles. The quantitative estimate of drug-likeness (QED) is 0.871. The minimum absolute atomic E-state index is 0.0762. The Morgan fingerprint density at radius 3 is 2.54 bits per heavy atom. The maximum absolute atomic E-state index is 12.7. The van der Waals surface area contributed by atoms with Gasteiger partial charge in [-0.25, -0.2) is 4.98 Å². The molecule has 0 radical (unpaired) electrons. The van der Waals surface area contributed by atoms with Gasteiger partial charge in [0, 0.05) is 18.8 Å². The van der Waals surface area contributed by atoms with Crippen LogP contribution >= 0.6 is 0 Å². The van der Waals surface area contributed by atoms with Crippen molar-refractivity contribution in [3.8, 4) is 0 Å². The minimum Gasteiger partial charge on any atom is -0.352 e. The molecule has 2 amide bonds. The van der Waals surface area contributed by atoms with Crippen molar-refractivity contribution in [1.29, 1.82) is 0 Å². The Morgan fingerprint density at radius 1 is 1.25 bits per heavy atom. The highest BCUT2D eigenvalue weighted by Gasteiger charge is 2.22. The maximum Gasteiger partial charge on any atom is 0.252 e. The molecule has 0 aliphatic carbocycles. The Bertz CT molecular complexity index is 781. The van der Waals surface area contributed by atoms with E-state index in [1.807, 2.05) is 27.7 Å². The van der Waals surface area contributed by atoms with E-state index in [0.717, 1.165) is 23.2 Å². The predicted molar refractivity (Wildman–Crippen MR) is 92.8 cm³/mol. The second kappa shape index (κ2) is 6.98. The summed E-state index contributed by atoms with van der Waals surface area (Å²) >= 11 is 0. The number of hydrogen-bond acceptors (Lipinski definition) is 4. The fraction of sp³-hybridized carbons (Fsp3) is 0.529. The van der Waals surface area contributed by atoms with E-state index >= 15 is 0 Å². The summed E-state index contributed by atoms with van der Waals surface area (Å²) < 4.78 is 1.66. The number of amides is 2. The van der Waals surface area contributed by atoms with E-state index in [9.17, 15) is 9.59 Å². The van der Waals surface area contributed by atoms with Crippen molar-refractivity contribution in [3.63, 3.8) is 0 Å². The molecule has 0 spiro atoms. The first-order valence-electron chi connectivity index (χ1n) is 8.16. The zero-order valence-corrected chi connectivity index (χ0v) is 15.1. The van der Waals surface area contributed by atoms with E-state index in [1.54, 1.807) is 24.7 Å². The molecule has 0 aliphatic heterocycles. The van der Waals surface area contributed by atoms with Crippen LogP contribution in [-0.4, -0.2) is 38.7 Å². The van der Waals surface area contributed by atoms with Gasteiger partial charge < -0.3 is 10.6 Å². The standard InChI is InChI=1S/C17H25N5O2/c1-7-9(2)19-16(23)12(5)20-17(24)13-8-10(3)18-15-14(13)11(4)21-22(15)6/h8-9,12H,7H2,1-6H3,(H,19,23)(H,20,24)/t9-,12-/m0/s1. The molecule has 7 nitrogen and oxygen atoms in total. The molecular formula is C17H25N5O2. The van der Waals surface area contributed by atoms with Gasteiger partial charge in [-0.2, -0.15) is 5.10 Å². The first kappa shape index (κ1) is 17.9. The van der Waals surface area contributed by atoms with Crippen molar-refractivity contribution in [2.24, 2.45) is 7.05 Å². The second-order valence-electron chi connectivity index (χ2n) is 6.23. The molecule has 2 rings (SSSR count). The highest BCUT2D eigenvalue weighted by atomic mass is 16.2. The fourth-order valence-corrected chi connectivity index (χ4v) is 2.56. The number of aryl methyl sites for hydroxylation is 3. The van der Waals surface area contributed by atoms with E-state index in [4.69, 9.17) is 0 Å². The monoisotopic (exact) mass is 331 g/mol. The Hall–Kier alpha value is -2.44. The number of hydrogen-bond donors (Lipinski definition) is 2. The third-order valence-corrected chi connectivity index (χ3v) is 4.08. The lowest BCUT2D eigenvalue weighted by atomic mass is 10.1. The lowest BCUT2D eigenvalue weighted by Gasteiger charge is -2.17. The Morgan fingerprint density at radius 2 is 1.92 bits per heavy atom. The van der Waals surface area contributed by atoms with E-state index in [1.165, 1.54) is 0 Å². The molecule has 0 unspecified atom stereocenters. The van der Waals surface area contributed by atoms with Gasteiger partial charge in [-0.3, -0.25) is 14.3 Å². The van der Waals surface area contributed by atoms with Gasteiger partial charge in [-0.15, -0.1) is 0 Å². The third kappa shape index (κ3) is 3.55. The van der Waals surface area contributed by atoms with Gasteiger partial charge in [-0.1, -0.05) is 6.92 Å². The minimum atomic E-state index is -0.619. The first-order chi connectivity index (χ1) is 11.2. The lowest BCUT2D eigenvalue weighted by Crippen LogP contribution is -2.47. The molecule has 2 aromatic rings. The van der Waals surface area contributed by atoms with Crippen LogP contribution in [0.15, 0.2) is 6.07 Å². The summed E-state index contributed by atoms with van der Waals surface area (Å²) in [6, 6.07) is 1.19. The molecule has 2 atom stereocenters. The topological polar surface area (TPSA) is 88.9 Å². The molecule has 0 bridgehead atoms. The second-order valence-corrected chi connectivity index (χ2v) is 6.23. The van der Waals surface area contributed by atoms with Crippen LogP contribution in [0.2, 0.25) is 0 Å². The van der Waals surface area contributed by atoms with E-state index in [-0.39, 0.29) is 17.9 Å². The zero-order valence-electron chi connectivity index (χ0n) is 15.1. The summed E-state index contributed by atoms with van der Waals surface area (Å²) in [7, 11) is 1.80. The SMILES string of the molecule is CC[C@H](C)NC(=O)[C@H](C)NC(=O)c1cc(C)nc2c1c(C)nn2C. The Kier molecular flexibility index (Phi) is 5.21. The molecule has 130 valence electrons. The smallest absolute Gasteiger partial charge is 0.252 e. The molecule has 0 aliphatic rings.